The van der Waals surface area contributed by atoms with Crippen molar-refractivity contribution in [2.75, 3.05) is 20.3 Å². The molecule has 2 aromatic carbocycles. The van der Waals surface area contributed by atoms with E-state index in [0.717, 1.165) is 17.7 Å². The number of hydrogen-bond donors (Lipinski definition) is 2. The molecule has 0 amide bonds. The Labute approximate surface area is 139 Å². The van der Waals surface area contributed by atoms with Crippen molar-refractivity contribution < 1.29 is 23.0 Å². The normalized spacial score (nSPS) is 14.4. The number of aliphatic hydroxyl groups is 1. The molecule has 0 saturated carbocycles. The van der Waals surface area contributed by atoms with Gasteiger partial charge in [0.2, 0.25) is 0 Å². The van der Waals surface area contributed by atoms with Gasteiger partial charge in [-0.15, -0.1) is 0 Å². The van der Waals surface area contributed by atoms with Gasteiger partial charge in [-0.05, 0) is 23.3 Å². The van der Waals surface area contributed by atoms with E-state index in [1.54, 1.807) is 18.2 Å². The van der Waals surface area contributed by atoms with Crippen molar-refractivity contribution in [2.24, 2.45) is 0 Å². The molecule has 0 radical (unpaired) electrons. The molecule has 0 aliphatic carbocycles. The van der Waals surface area contributed by atoms with E-state index in [0.29, 0.717) is 5.56 Å². The van der Waals surface area contributed by atoms with Crippen molar-refractivity contribution in [3.05, 3.63) is 71.3 Å². The maximum atomic E-state index is 12.9. The van der Waals surface area contributed by atoms with E-state index in [9.17, 15) is 18.3 Å². The number of alkyl halides is 3. The Morgan fingerprint density at radius 1 is 1.04 bits per heavy atom. The van der Waals surface area contributed by atoms with Gasteiger partial charge in [-0.3, -0.25) is 0 Å². The summed E-state index contributed by atoms with van der Waals surface area (Å²) in [6.45, 7) is 0.400. The van der Waals surface area contributed by atoms with Crippen molar-refractivity contribution in [3.63, 3.8) is 0 Å². The minimum absolute atomic E-state index is 0.197. The van der Waals surface area contributed by atoms with E-state index >= 15 is 0 Å². The fourth-order valence-electron chi connectivity index (χ4n) is 2.42. The number of aliphatic hydroxyl groups excluding tert-OH is 1. The third kappa shape index (κ3) is 5.06. The van der Waals surface area contributed by atoms with Crippen molar-refractivity contribution in [1.29, 1.82) is 0 Å². The second kappa shape index (κ2) is 8.28. The molecular formula is C18H20F3NO2. The largest absolute Gasteiger partial charge is 0.416 e. The van der Waals surface area contributed by atoms with Gasteiger partial charge in [0, 0.05) is 13.7 Å². The Hall–Kier alpha value is -1.89. The Balaban J connectivity index is 2.09. The molecule has 0 aliphatic rings. The SMILES string of the molecule is COCC(NCC(O)c1ccccc1)c1cccc(C(F)(F)F)c1. The first-order valence-electron chi connectivity index (χ1n) is 7.54. The van der Waals surface area contributed by atoms with Gasteiger partial charge in [0.25, 0.3) is 0 Å². The topological polar surface area (TPSA) is 41.5 Å². The van der Waals surface area contributed by atoms with Crippen molar-refractivity contribution >= 4 is 0 Å². The van der Waals surface area contributed by atoms with E-state index in [1.165, 1.54) is 13.2 Å². The fraction of sp³-hybridized carbons (Fsp3) is 0.333. The van der Waals surface area contributed by atoms with Crippen LogP contribution in [0.15, 0.2) is 54.6 Å². The van der Waals surface area contributed by atoms with Crippen LogP contribution < -0.4 is 5.32 Å². The molecule has 0 heterocycles. The number of halogens is 3. The van der Waals surface area contributed by atoms with E-state index in [-0.39, 0.29) is 13.2 Å². The zero-order valence-corrected chi connectivity index (χ0v) is 13.3. The molecule has 6 heteroatoms. The summed E-state index contributed by atoms with van der Waals surface area (Å²) >= 11 is 0. The number of ether oxygens (including phenoxy) is 1. The number of nitrogens with one attached hydrogen (secondary N) is 1. The Morgan fingerprint density at radius 3 is 2.33 bits per heavy atom. The molecular weight excluding hydrogens is 319 g/mol. The number of rotatable bonds is 7. The van der Waals surface area contributed by atoms with Crippen LogP contribution in [0.4, 0.5) is 13.2 Å². The predicted molar refractivity (Wildman–Crippen MR) is 85.5 cm³/mol. The Kier molecular flexibility index (Phi) is 6.36. The van der Waals surface area contributed by atoms with Crippen LogP contribution in [-0.2, 0) is 10.9 Å². The molecule has 2 aromatic rings. The molecule has 130 valence electrons. The molecule has 0 saturated heterocycles. The minimum Gasteiger partial charge on any atom is -0.387 e. The summed E-state index contributed by atoms with van der Waals surface area (Å²) in [5, 5.41) is 13.3. The van der Waals surface area contributed by atoms with Gasteiger partial charge in [-0.2, -0.15) is 13.2 Å². The molecule has 0 aliphatic heterocycles. The quantitative estimate of drug-likeness (QED) is 0.808. The monoisotopic (exact) mass is 339 g/mol. The molecule has 0 spiro atoms. The van der Waals surface area contributed by atoms with E-state index in [4.69, 9.17) is 4.74 Å². The molecule has 2 unspecified atom stereocenters. The van der Waals surface area contributed by atoms with Crippen LogP contribution in [0.25, 0.3) is 0 Å². The molecule has 2 atom stereocenters. The Morgan fingerprint density at radius 2 is 1.71 bits per heavy atom. The zero-order valence-electron chi connectivity index (χ0n) is 13.3. The van der Waals surface area contributed by atoms with Gasteiger partial charge < -0.3 is 15.2 Å². The van der Waals surface area contributed by atoms with E-state index < -0.39 is 23.9 Å². The molecule has 0 fully saturated rings. The van der Waals surface area contributed by atoms with E-state index in [2.05, 4.69) is 5.32 Å². The van der Waals surface area contributed by atoms with Crippen LogP contribution in [0.1, 0.15) is 28.8 Å². The molecule has 3 nitrogen and oxygen atoms in total. The first-order valence-corrected chi connectivity index (χ1v) is 7.54. The number of hydrogen-bond acceptors (Lipinski definition) is 3. The summed E-state index contributed by atoms with van der Waals surface area (Å²) in [5.41, 5.74) is 0.503. The fourth-order valence-corrected chi connectivity index (χ4v) is 2.42. The van der Waals surface area contributed by atoms with E-state index in [1.807, 2.05) is 18.2 Å². The first-order chi connectivity index (χ1) is 11.4. The van der Waals surface area contributed by atoms with Crippen LogP contribution in [-0.4, -0.2) is 25.4 Å². The highest BCUT2D eigenvalue weighted by molar-refractivity contribution is 5.28. The summed E-state index contributed by atoms with van der Waals surface area (Å²) in [7, 11) is 1.48. The van der Waals surface area contributed by atoms with Crippen molar-refractivity contribution in [1.82, 2.24) is 5.32 Å². The van der Waals surface area contributed by atoms with Crippen LogP contribution >= 0.6 is 0 Å². The first kappa shape index (κ1) is 18.4. The van der Waals surface area contributed by atoms with Crippen molar-refractivity contribution in [2.45, 2.75) is 18.3 Å². The van der Waals surface area contributed by atoms with Crippen LogP contribution in [0, 0.1) is 0 Å². The maximum absolute atomic E-state index is 12.9. The lowest BCUT2D eigenvalue weighted by molar-refractivity contribution is -0.137. The average molecular weight is 339 g/mol. The highest BCUT2D eigenvalue weighted by Crippen LogP contribution is 2.31. The lowest BCUT2D eigenvalue weighted by atomic mass is 10.0. The Bertz CT molecular complexity index is 632. The maximum Gasteiger partial charge on any atom is 0.416 e. The third-order valence-electron chi connectivity index (χ3n) is 3.69. The van der Waals surface area contributed by atoms with Gasteiger partial charge in [0.05, 0.1) is 24.3 Å². The summed E-state index contributed by atoms with van der Waals surface area (Å²) in [4.78, 5) is 0. The van der Waals surface area contributed by atoms with Crippen LogP contribution in [0.5, 0.6) is 0 Å². The highest BCUT2D eigenvalue weighted by atomic mass is 19.4. The number of methoxy groups -OCH3 is 1. The smallest absolute Gasteiger partial charge is 0.387 e. The van der Waals surface area contributed by atoms with Crippen molar-refractivity contribution in [3.8, 4) is 0 Å². The molecule has 24 heavy (non-hydrogen) atoms. The number of benzene rings is 2. The summed E-state index contributed by atoms with van der Waals surface area (Å²) in [6.07, 6.45) is -5.15. The van der Waals surface area contributed by atoms with Crippen LogP contribution in [0.2, 0.25) is 0 Å². The molecule has 2 N–H and O–H groups in total. The zero-order chi connectivity index (χ0) is 17.6. The average Bonchev–Trinajstić information content (AvgIpc) is 2.58. The van der Waals surface area contributed by atoms with Gasteiger partial charge in [-0.1, -0.05) is 42.5 Å². The standard InChI is InChI=1S/C18H20F3NO2/c1-24-12-16(14-8-5-9-15(10-14)18(19,20)21)22-11-17(23)13-6-3-2-4-7-13/h2-10,16-17,22-23H,11-12H2,1H3. The minimum atomic E-state index is -4.39. The molecule has 2 rings (SSSR count). The second-order valence-electron chi connectivity index (χ2n) is 5.47. The lowest BCUT2D eigenvalue weighted by Crippen LogP contribution is -2.29. The van der Waals surface area contributed by atoms with Gasteiger partial charge in [0.15, 0.2) is 0 Å². The van der Waals surface area contributed by atoms with Gasteiger partial charge in [0.1, 0.15) is 0 Å². The summed E-state index contributed by atoms with van der Waals surface area (Å²) in [5.74, 6) is 0. The second-order valence-corrected chi connectivity index (χ2v) is 5.47. The summed E-state index contributed by atoms with van der Waals surface area (Å²) < 4.78 is 43.7. The molecule has 0 aromatic heterocycles. The third-order valence-corrected chi connectivity index (χ3v) is 3.69. The highest BCUT2D eigenvalue weighted by Gasteiger charge is 2.31. The van der Waals surface area contributed by atoms with Gasteiger partial charge >= 0.3 is 6.18 Å². The van der Waals surface area contributed by atoms with Gasteiger partial charge in [-0.25, -0.2) is 0 Å². The summed E-state index contributed by atoms with van der Waals surface area (Å²) in [6, 6.07) is 13.7. The predicted octanol–water partition coefficient (Wildman–Crippen LogP) is 3.72. The van der Waals surface area contributed by atoms with Crippen LogP contribution in [0.3, 0.4) is 0 Å². The lowest BCUT2D eigenvalue weighted by Gasteiger charge is -2.21. The molecule has 0 bridgehead atoms.